The summed E-state index contributed by atoms with van der Waals surface area (Å²) in [7, 11) is -4.42. The molecule has 1 aliphatic carbocycles. The molecular weight excluding hydrogens is 735 g/mol. The number of aliphatic hydroxyl groups excluding tert-OH is 1. The van der Waals surface area contributed by atoms with Gasteiger partial charge in [-0.25, -0.2) is 0 Å². The minimum atomic E-state index is -1.11. The molecule has 2 fully saturated rings. The van der Waals surface area contributed by atoms with Crippen molar-refractivity contribution in [2.24, 2.45) is 0 Å². The first-order chi connectivity index (χ1) is 19.3. The van der Waals surface area contributed by atoms with E-state index in [0.29, 0.717) is 6.10 Å². The molecule has 3 aliphatic rings. The molecule has 2 saturated heterocycles. The Labute approximate surface area is 302 Å². The van der Waals surface area contributed by atoms with Crippen molar-refractivity contribution in [1.82, 2.24) is 0 Å². The molecule has 245 valence electrons. The Bertz CT molecular complexity index is 904. The normalized spacial score (nSPS) is 15.9. The van der Waals surface area contributed by atoms with Gasteiger partial charge in [0.25, 0.3) is 0 Å². The predicted molar refractivity (Wildman–Crippen MR) is 195 cm³/mol. The summed E-state index contributed by atoms with van der Waals surface area (Å²) in [6, 6.07) is 15.9. The number of hydrogen-bond donors (Lipinski definition) is 1. The number of ether oxygens (including phenoxy) is 2. The van der Waals surface area contributed by atoms with Crippen molar-refractivity contribution in [2.75, 3.05) is 26.4 Å². The molecule has 2 aromatic rings. The molecule has 0 bridgehead atoms. The van der Waals surface area contributed by atoms with Crippen molar-refractivity contribution < 1.29 is 55.0 Å². The van der Waals surface area contributed by atoms with Gasteiger partial charge in [0.1, 0.15) is 0 Å². The molecule has 0 amide bonds. The van der Waals surface area contributed by atoms with E-state index in [4.69, 9.17) is 18.8 Å². The second-order valence-corrected chi connectivity index (χ2v) is 34.1. The minimum Gasteiger partial charge on any atom is -0.668 e. The SMILES string of the molecule is C1CCOC1.C1CCOC1.C[Si](C)(C)[N-][Si](C)(C)C.C[Si](C)(C)[N-][Si](C)(C)C.O[C]1c2ccccc2-c2ccccc21.[Sm]. The molecule has 0 spiro atoms. The third-order valence-electron chi connectivity index (χ3n) is 5.65. The standard InChI is InChI=1S/C13H9O.2C6H18NSi2.2C4H8O.Sm/c14-13-11-7-3-1-5-9(11)10-6-2-4-8-12(10)13;2*1-8(2,3)7-9(4,5)6;2*1-2-4-5-3-1;/h1-8,14H;2*1-6H3;2*1-4H2;/q;2*-1;;;. The van der Waals surface area contributed by atoms with Gasteiger partial charge in [-0.1, -0.05) is 160 Å². The molecule has 43 heavy (non-hydrogen) atoms. The monoisotopic (exact) mass is 797 g/mol. The van der Waals surface area contributed by atoms with Gasteiger partial charge in [-0.15, -0.1) is 0 Å². The predicted octanol–water partition coefficient (Wildman–Crippen LogP) is 10.6. The number of rotatable bonds is 4. The Balaban J connectivity index is 0.000000540. The van der Waals surface area contributed by atoms with Crippen LogP contribution in [0.1, 0.15) is 36.8 Å². The van der Waals surface area contributed by atoms with Crippen molar-refractivity contribution in [3.05, 3.63) is 75.1 Å². The van der Waals surface area contributed by atoms with Crippen LogP contribution >= 0.6 is 0 Å². The molecule has 2 heterocycles. The van der Waals surface area contributed by atoms with Crippen molar-refractivity contribution in [1.29, 1.82) is 0 Å². The summed E-state index contributed by atoms with van der Waals surface area (Å²) in [6.45, 7) is 31.6. The van der Waals surface area contributed by atoms with Crippen LogP contribution < -0.4 is 0 Å². The van der Waals surface area contributed by atoms with E-state index in [0.717, 1.165) is 48.7 Å². The van der Waals surface area contributed by atoms with E-state index in [1.807, 2.05) is 48.5 Å². The summed E-state index contributed by atoms with van der Waals surface area (Å²) in [4.78, 5) is 0. The zero-order chi connectivity index (χ0) is 32.0. The molecular formula is C33H61N2O3Si4Sm-2. The van der Waals surface area contributed by atoms with Crippen LogP contribution in [-0.4, -0.2) is 64.5 Å². The van der Waals surface area contributed by atoms with Gasteiger partial charge < -0.3 is 23.9 Å². The molecule has 5 nitrogen and oxygen atoms in total. The average molecular weight is 797 g/mol. The summed E-state index contributed by atoms with van der Waals surface area (Å²) in [5, 5.41) is 9.95. The van der Waals surface area contributed by atoms with Crippen LogP contribution in [0.25, 0.3) is 20.4 Å². The van der Waals surface area contributed by atoms with Gasteiger partial charge in [0, 0.05) is 66.8 Å². The van der Waals surface area contributed by atoms with Crippen molar-refractivity contribution >= 4 is 32.9 Å². The van der Waals surface area contributed by atoms with Gasteiger partial charge in [-0.2, -0.15) is 0 Å². The Morgan fingerprint density at radius 3 is 0.860 bits per heavy atom. The van der Waals surface area contributed by atoms with Crippen LogP contribution in [0.15, 0.2) is 48.5 Å². The summed E-state index contributed by atoms with van der Waals surface area (Å²) in [5.41, 5.74) is 4.13. The van der Waals surface area contributed by atoms with Crippen LogP contribution in [0, 0.1) is 46.5 Å². The largest absolute Gasteiger partial charge is 0.668 e. The first-order valence-corrected chi connectivity index (χ1v) is 29.5. The topological polar surface area (TPSA) is 66.9 Å². The molecule has 5 rings (SSSR count). The first kappa shape index (κ1) is 43.4. The smallest absolute Gasteiger partial charge is 0.153 e. The summed E-state index contributed by atoms with van der Waals surface area (Å²) in [5.74, 6) is 0. The Kier molecular flexibility index (Phi) is 20.8. The fraction of sp³-hybridized carbons (Fsp3) is 0.606. The Morgan fingerprint density at radius 2 is 0.698 bits per heavy atom. The third kappa shape index (κ3) is 21.8. The summed E-state index contributed by atoms with van der Waals surface area (Å²) in [6.07, 6.45) is 5.51. The molecule has 10 heteroatoms. The van der Waals surface area contributed by atoms with Gasteiger partial charge in [-0.3, -0.25) is 0 Å². The van der Waals surface area contributed by atoms with E-state index in [2.05, 4.69) is 78.6 Å². The molecule has 1 N–H and O–H groups in total. The van der Waals surface area contributed by atoms with Crippen LogP contribution in [0.2, 0.25) is 78.6 Å². The summed E-state index contributed by atoms with van der Waals surface area (Å²) < 4.78 is 19.5. The van der Waals surface area contributed by atoms with Crippen molar-refractivity contribution in [3.8, 4) is 11.1 Å². The van der Waals surface area contributed by atoms with Gasteiger partial charge in [0.15, 0.2) is 6.10 Å². The van der Waals surface area contributed by atoms with E-state index >= 15 is 0 Å². The maximum Gasteiger partial charge on any atom is 0.153 e. The first-order valence-electron chi connectivity index (χ1n) is 15.7. The maximum absolute atomic E-state index is 9.95. The second kappa shape index (κ2) is 20.6. The number of fused-ring (bicyclic) bond motifs is 3. The van der Waals surface area contributed by atoms with Crippen LogP contribution in [0.5, 0.6) is 0 Å². The third-order valence-corrected chi connectivity index (χ3v) is 16.4. The second-order valence-electron chi connectivity index (χ2n) is 15.0. The molecule has 0 saturated carbocycles. The molecule has 0 atom stereocenters. The fourth-order valence-corrected chi connectivity index (χ4v) is 21.1. The van der Waals surface area contributed by atoms with Crippen molar-refractivity contribution in [2.45, 2.75) is 104 Å². The van der Waals surface area contributed by atoms with Crippen LogP contribution in [-0.2, 0) is 9.47 Å². The molecule has 1 radical (unpaired) electrons. The van der Waals surface area contributed by atoms with E-state index in [-0.39, 0.29) is 40.4 Å². The van der Waals surface area contributed by atoms with Gasteiger partial charge in [0.05, 0.1) is 0 Å². The molecule has 2 aromatic carbocycles. The molecule has 2 aliphatic heterocycles. The van der Waals surface area contributed by atoms with E-state index in [9.17, 15) is 5.11 Å². The quantitative estimate of drug-likeness (QED) is 0.314. The van der Waals surface area contributed by atoms with E-state index in [1.165, 1.54) is 25.7 Å². The van der Waals surface area contributed by atoms with E-state index in [1.54, 1.807) is 0 Å². The minimum absolute atomic E-state index is 0. The fourth-order valence-electron chi connectivity index (χ4n) is 5.03. The number of benzene rings is 2. The average Bonchev–Trinajstić information content (AvgIpc) is 3.62. The Hall–Kier alpha value is 0.445. The summed E-state index contributed by atoms with van der Waals surface area (Å²) >= 11 is 0. The van der Waals surface area contributed by atoms with Crippen LogP contribution in [0.3, 0.4) is 0 Å². The molecule has 0 aromatic heterocycles. The maximum atomic E-state index is 9.95. The van der Waals surface area contributed by atoms with Gasteiger partial charge in [0.2, 0.25) is 0 Å². The zero-order valence-electron chi connectivity index (χ0n) is 29.3. The number of hydrogen-bond acceptors (Lipinski definition) is 3. The van der Waals surface area contributed by atoms with Gasteiger partial charge >= 0.3 is 0 Å². The van der Waals surface area contributed by atoms with Crippen LogP contribution in [0.4, 0.5) is 0 Å². The van der Waals surface area contributed by atoms with Crippen molar-refractivity contribution in [3.63, 3.8) is 0 Å². The zero-order valence-corrected chi connectivity index (χ0v) is 36.0. The molecule has 0 unspecified atom stereocenters. The number of nitrogens with zero attached hydrogens (tertiary/aromatic N) is 2. The number of aliphatic hydroxyl groups is 1. The van der Waals surface area contributed by atoms with E-state index < -0.39 is 32.9 Å². The Morgan fingerprint density at radius 1 is 0.465 bits per heavy atom. The van der Waals surface area contributed by atoms with Gasteiger partial charge in [-0.05, 0) is 47.9 Å².